The number of hydrogen-bond acceptors (Lipinski definition) is 3. The van der Waals surface area contributed by atoms with Crippen molar-refractivity contribution in [3.63, 3.8) is 0 Å². The molecule has 0 saturated heterocycles. The van der Waals surface area contributed by atoms with E-state index in [0.29, 0.717) is 17.7 Å². The normalized spacial score (nSPS) is 12.4. The number of rotatable bonds is 4. The van der Waals surface area contributed by atoms with Crippen LogP contribution in [0.3, 0.4) is 0 Å². The molecule has 4 nitrogen and oxygen atoms in total. The topological polar surface area (TPSA) is 63.3 Å². The Morgan fingerprint density at radius 1 is 1.33 bits per heavy atom. The third-order valence-corrected chi connectivity index (χ3v) is 3.86. The van der Waals surface area contributed by atoms with Crippen molar-refractivity contribution in [2.24, 2.45) is 0 Å². The van der Waals surface area contributed by atoms with Gasteiger partial charge in [0.1, 0.15) is 11.5 Å². The van der Waals surface area contributed by atoms with E-state index in [1.165, 1.54) is 0 Å². The summed E-state index contributed by atoms with van der Waals surface area (Å²) in [5.41, 5.74) is 2.13. The Kier molecular flexibility index (Phi) is 3.75. The Morgan fingerprint density at radius 2 is 2.19 bits per heavy atom. The lowest BCUT2D eigenvalue weighted by Crippen LogP contribution is -2.16. The summed E-state index contributed by atoms with van der Waals surface area (Å²) in [4.78, 5) is 15.9. The van der Waals surface area contributed by atoms with E-state index in [9.17, 15) is 9.90 Å². The summed E-state index contributed by atoms with van der Waals surface area (Å²) < 4.78 is 6.25. The molecule has 0 spiro atoms. The van der Waals surface area contributed by atoms with Gasteiger partial charge in [-0.25, -0.2) is 0 Å². The van der Waals surface area contributed by atoms with Crippen molar-refractivity contribution >= 4 is 32.9 Å². The number of nitrogens with zero attached hydrogens (tertiary/aromatic N) is 1. The summed E-state index contributed by atoms with van der Waals surface area (Å²) in [5, 5.41) is 10.3. The number of carboxylic acid groups (broad SMARTS) is 1. The minimum atomic E-state index is -0.892. The minimum Gasteiger partial charge on any atom is -0.481 e. The molecule has 1 unspecified atom stereocenters. The van der Waals surface area contributed by atoms with Crippen LogP contribution in [0, 0.1) is 0 Å². The largest absolute Gasteiger partial charge is 0.481 e. The zero-order valence-corrected chi connectivity index (χ0v) is 12.6. The molecule has 5 heteroatoms. The maximum absolute atomic E-state index is 11.7. The monoisotopic (exact) mass is 345 g/mol. The van der Waals surface area contributed by atoms with Crippen molar-refractivity contribution in [1.82, 2.24) is 4.98 Å². The first-order valence-electron chi connectivity index (χ1n) is 6.44. The van der Waals surface area contributed by atoms with Crippen LogP contribution in [0.1, 0.15) is 17.2 Å². The van der Waals surface area contributed by atoms with Crippen LogP contribution < -0.4 is 0 Å². The first kappa shape index (κ1) is 13.8. The highest BCUT2D eigenvalue weighted by Crippen LogP contribution is 2.28. The Labute approximate surface area is 129 Å². The fourth-order valence-electron chi connectivity index (χ4n) is 2.39. The van der Waals surface area contributed by atoms with E-state index in [1.54, 1.807) is 24.6 Å². The number of benzene rings is 1. The molecule has 0 aliphatic carbocycles. The van der Waals surface area contributed by atoms with Gasteiger partial charge in [0, 0.05) is 16.1 Å². The highest BCUT2D eigenvalue weighted by atomic mass is 79.9. The highest BCUT2D eigenvalue weighted by Gasteiger charge is 2.24. The molecule has 0 radical (unpaired) electrons. The molecule has 3 rings (SSSR count). The predicted octanol–water partition coefficient (Wildman–Crippen LogP) is 4.00. The summed E-state index contributed by atoms with van der Waals surface area (Å²) in [6.07, 6.45) is 3.51. The number of carboxylic acids is 1. The van der Waals surface area contributed by atoms with Crippen molar-refractivity contribution < 1.29 is 14.3 Å². The third kappa shape index (κ3) is 2.83. The summed E-state index contributed by atoms with van der Waals surface area (Å²) in [7, 11) is 0. The number of fused-ring (bicyclic) bond motifs is 1. The number of pyridine rings is 1. The van der Waals surface area contributed by atoms with E-state index >= 15 is 0 Å². The van der Waals surface area contributed by atoms with Gasteiger partial charge in [-0.15, -0.1) is 0 Å². The molecule has 2 heterocycles. The third-order valence-electron chi connectivity index (χ3n) is 3.37. The summed E-state index contributed by atoms with van der Waals surface area (Å²) in [6, 6.07) is 11.1. The number of carbonyl (C=O) groups is 1. The van der Waals surface area contributed by atoms with Crippen LogP contribution in [0.2, 0.25) is 0 Å². The zero-order valence-electron chi connectivity index (χ0n) is 11.0. The lowest BCUT2D eigenvalue weighted by molar-refractivity contribution is -0.138. The Hall–Kier alpha value is -2.14. The first-order chi connectivity index (χ1) is 10.1. The maximum Gasteiger partial charge on any atom is 0.312 e. The fourth-order valence-corrected chi connectivity index (χ4v) is 2.84. The van der Waals surface area contributed by atoms with Crippen LogP contribution in [-0.2, 0) is 11.2 Å². The molecule has 0 bridgehead atoms. The number of furan rings is 1. The van der Waals surface area contributed by atoms with Crippen LogP contribution in [0.15, 0.2) is 57.7 Å². The second-order valence-corrected chi connectivity index (χ2v) is 5.67. The lowest BCUT2D eigenvalue weighted by Gasteiger charge is -2.13. The molecule has 1 aromatic carbocycles. The van der Waals surface area contributed by atoms with E-state index in [1.807, 2.05) is 24.3 Å². The van der Waals surface area contributed by atoms with Crippen LogP contribution in [-0.4, -0.2) is 16.1 Å². The van der Waals surface area contributed by atoms with Gasteiger partial charge in [-0.1, -0.05) is 28.1 Å². The fraction of sp³-hybridized carbons (Fsp3) is 0.125. The van der Waals surface area contributed by atoms with Gasteiger partial charge < -0.3 is 9.52 Å². The quantitative estimate of drug-likeness (QED) is 0.776. The van der Waals surface area contributed by atoms with Gasteiger partial charge in [0.25, 0.3) is 0 Å². The van der Waals surface area contributed by atoms with E-state index in [2.05, 4.69) is 20.9 Å². The van der Waals surface area contributed by atoms with E-state index in [-0.39, 0.29) is 0 Å². The molecule has 3 aromatic rings. The van der Waals surface area contributed by atoms with Crippen LogP contribution in [0.25, 0.3) is 11.0 Å². The number of aliphatic carboxylic acids is 1. The average molecular weight is 346 g/mol. The van der Waals surface area contributed by atoms with Crippen LogP contribution in [0.4, 0.5) is 0 Å². The molecule has 0 aliphatic heterocycles. The number of hydrogen-bond donors (Lipinski definition) is 1. The van der Waals surface area contributed by atoms with Crippen LogP contribution >= 0.6 is 15.9 Å². The van der Waals surface area contributed by atoms with Gasteiger partial charge in [0.15, 0.2) is 0 Å². The lowest BCUT2D eigenvalue weighted by atomic mass is 9.94. The summed E-state index contributed by atoms with van der Waals surface area (Å²) in [5.74, 6) is -1.60. The van der Waals surface area contributed by atoms with E-state index in [0.717, 1.165) is 15.4 Å². The summed E-state index contributed by atoms with van der Waals surface area (Å²) in [6.45, 7) is 0. The summed E-state index contributed by atoms with van der Waals surface area (Å²) >= 11 is 3.40. The zero-order chi connectivity index (χ0) is 14.8. The van der Waals surface area contributed by atoms with Gasteiger partial charge in [-0.05, 0) is 36.2 Å². The van der Waals surface area contributed by atoms with Crippen molar-refractivity contribution in [3.05, 3.63) is 64.6 Å². The highest BCUT2D eigenvalue weighted by molar-refractivity contribution is 9.10. The smallest absolute Gasteiger partial charge is 0.312 e. The van der Waals surface area contributed by atoms with E-state index < -0.39 is 11.9 Å². The first-order valence-corrected chi connectivity index (χ1v) is 7.24. The Balaban J connectivity index is 2.02. The Bertz CT molecular complexity index is 797. The van der Waals surface area contributed by atoms with Crippen molar-refractivity contribution in [2.45, 2.75) is 12.3 Å². The molecular formula is C16H12BrNO3. The second-order valence-electron chi connectivity index (χ2n) is 4.75. The molecule has 0 saturated carbocycles. The SMILES string of the molecule is O=C(O)C(Cc1cccc(Br)c1)c1nccc2occc12. The molecule has 0 fully saturated rings. The average Bonchev–Trinajstić information content (AvgIpc) is 2.93. The van der Waals surface area contributed by atoms with Crippen molar-refractivity contribution in [1.29, 1.82) is 0 Å². The predicted molar refractivity (Wildman–Crippen MR) is 82.2 cm³/mol. The van der Waals surface area contributed by atoms with Crippen molar-refractivity contribution in [3.8, 4) is 0 Å². The second kappa shape index (κ2) is 5.69. The van der Waals surface area contributed by atoms with Gasteiger partial charge in [0.2, 0.25) is 0 Å². The Morgan fingerprint density at radius 3 is 2.95 bits per heavy atom. The van der Waals surface area contributed by atoms with Gasteiger partial charge in [-0.2, -0.15) is 0 Å². The standard InChI is InChI=1S/C16H12BrNO3/c17-11-3-1-2-10(8-11)9-13(16(19)20)15-12-5-7-21-14(12)4-6-18-15/h1-8,13H,9H2,(H,19,20). The number of halogens is 1. The van der Waals surface area contributed by atoms with Crippen molar-refractivity contribution in [2.75, 3.05) is 0 Å². The molecule has 2 aromatic heterocycles. The maximum atomic E-state index is 11.7. The van der Waals surface area contributed by atoms with Gasteiger partial charge in [-0.3, -0.25) is 9.78 Å². The minimum absolute atomic E-state index is 0.381. The molecule has 1 N–H and O–H groups in total. The van der Waals surface area contributed by atoms with Gasteiger partial charge >= 0.3 is 5.97 Å². The van der Waals surface area contributed by atoms with Gasteiger partial charge in [0.05, 0.1) is 12.0 Å². The number of aromatic nitrogens is 1. The molecule has 0 amide bonds. The molecule has 1 atom stereocenters. The van der Waals surface area contributed by atoms with E-state index in [4.69, 9.17) is 4.42 Å². The van der Waals surface area contributed by atoms with Crippen LogP contribution in [0.5, 0.6) is 0 Å². The molecule has 21 heavy (non-hydrogen) atoms. The molecular weight excluding hydrogens is 334 g/mol. The molecule has 0 aliphatic rings. The molecule has 106 valence electrons.